The van der Waals surface area contributed by atoms with E-state index in [0.29, 0.717) is 48.5 Å². The van der Waals surface area contributed by atoms with E-state index in [9.17, 15) is 9.59 Å². The maximum atomic E-state index is 13.2. The molecular weight excluding hydrogens is 436 g/mol. The van der Waals surface area contributed by atoms with E-state index < -0.39 is 0 Å². The molecule has 33 heavy (non-hydrogen) atoms. The van der Waals surface area contributed by atoms with E-state index in [2.05, 4.69) is 31.4 Å². The van der Waals surface area contributed by atoms with Crippen molar-refractivity contribution in [3.05, 3.63) is 47.0 Å². The molecule has 180 valence electrons. The van der Waals surface area contributed by atoms with E-state index >= 15 is 0 Å². The molecule has 2 aromatic rings. The van der Waals surface area contributed by atoms with Crippen LogP contribution in [0, 0.1) is 11.8 Å². The van der Waals surface area contributed by atoms with Crippen LogP contribution in [0.25, 0.3) is 10.8 Å². The lowest BCUT2D eigenvalue weighted by Gasteiger charge is -2.30. The van der Waals surface area contributed by atoms with Crippen LogP contribution >= 0.6 is 11.6 Å². The number of nitrogens with zero attached hydrogens (tertiary/aromatic N) is 1. The molecule has 2 aromatic carbocycles. The molecule has 1 aliphatic rings. The van der Waals surface area contributed by atoms with E-state index in [1.807, 2.05) is 41.3 Å². The SMILES string of the molecule is CC[C@H](CN1CC[C@@H](CNC(=O)c2ccc3cc(Cl)ccc3c2)N[C@@H](CCN)C1=O)C(C)C. The van der Waals surface area contributed by atoms with Crippen molar-refractivity contribution in [1.29, 1.82) is 0 Å². The number of amides is 2. The number of fused-ring (bicyclic) bond motifs is 1. The molecule has 1 aliphatic heterocycles. The maximum Gasteiger partial charge on any atom is 0.251 e. The summed E-state index contributed by atoms with van der Waals surface area (Å²) in [7, 11) is 0. The highest BCUT2D eigenvalue weighted by Gasteiger charge is 2.31. The fourth-order valence-electron chi connectivity index (χ4n) is 4.57. The van der Waals surface area contributed by atoms with Crippen LogP contribution in [0.3, 0.4) is 0 Å². The van der Waals surface area contributed by atoms with Gasteiger partial charge in [0.2, 0.25) is 5.91 Å². The lowest BCUT2D eigenvalue weighted by atomic mass is 9.92. The zero-order valence-corrected chi connectivity index (χ0v) is 20.7. The summed E-state index contributed by atoms with van der Waals surface area (Å²) in [6.45, 7) is 8.98. The number of benzene rings is 2. The van der Waals surface area contributed by atoms with Crippen molar-refractivity contribution >= 4 is 34.2 Å². The number of halogens is 1. The van der Waals surface area contributed by atoms with Gasteiger partial charge in [-0.15, -0.1) is 0 Å². The number of carbonyl (C=O) groups excluding carboxylic acids is 2. The quantitative estimate of drug-likeness (QED) is 0.517. The minimum absolute atomic E-state index is 0.0119. The fourth-order valence-corrected chi connectivity index (χ4v) is 4.75. The highest BCUT2D eigenvalue weighted by atomic mass is 35.5. The summed E-state index contributed by atoms with van der Waals surface area (Å²) in [5.74, 6) is 1.01. The summed E-state index contributed by atoms with van der Waals surface area (Å²) in [5.41, 5.74) is 6.41. The standard InChI is InChI=1S/C26H37ClN4O2/c1-4-18(17(2)3)16-31-12-10-23(30-24(9-11-28)26(31)33)15-29-25(32)21-6-5-20-14-22(27)8-7-19(20)13-21/h5-8,13-14,17-18,23-24,30H,4,9-12,15-16,28H2,1-3H3,(H,29,32)/t18-,23+,24+/m1/s1. The average Bonchev–Trinajstić information content (AvgIpc) is 2.94. The molecule has 0 aliphatic carbocycles. The lowest BCUT2D eigenvalue weighted by molar-refractivity contribution is -0.133. The van der Waals surface area contributed by atoms with Gasteiger partial charge in [0.25, 0.3) is 5.91 Å². The van der Waals surface area contributed by atoms with Gasteiger partial charge >= 0.3 is 0 Å². The minimum atomic E-state index is -0.311. The summed E-state index contributed by atoms with van der Waals surface area (Å²) >= 11 is 6.05. The molecule has 3 atom stereocenters. The third-order valence-electron chi connectivity index (χ3n) is 6.75. The summed E-state index contributed by atoms with van der Waals surface area (Å²) < 4.78 is 0. The molecule has 0 saturated carbocycles. The Morgan fingerprint density at radius 3 is 2.67 bits per heavy atom. The minimum Gasteiger partial charge on any atom is -0.350 e. The van der Waals surface area contributed by atoms with Crippen LogP contribution in [0.5, 0.6) is 0 Å². The smallest absolute Gasteiger partial charge is 0.251 e. The molecule has 3 rings (SSSR count). The van der Waals surface area contributed by atoms with Gasteiger partial charge < -0.3 is 21.3 Å². The van der Waals surface area contributed by atoms with Gasteiger partial charge in [-0.3, -0.25) is 9.59 Å². The second kappa shape index (κ2) is 11.8. The molecule has 1 heterocycles. The molecular formula is C26H37ClN4O2. The van der Waals surface area contributed by atoms with E-state index in [4.69, 9.17) is 17.3 Å². The van der Waals surface area contributed by atoms with Crippen LogP contribution in [0.2, 0.25) is 5.02 Å². The van der Waals surface area contributed by atoms with Crippen LogP contribution in [-0.2, 0) is 4.79 Å². The molecule has 0 aromatic heterocycles. The molecule has 0 radical (unpaired) electrons. The third-order valence-corrected chi connectivity index (χ3v) is 6.98. The van der Waals surface area contributed by atoms with Crippen molar-refractivity contribution in [1.82, 2.24) is 15.5 Å². The van der Waals surface area contributed by atoms with Crippen LogP contribution in [0.4, 0.5) is 0 Å². The largest absolute Gasteiger partial charge is 0.350 e. The molecule has 4 N–H and O–H groups in total. The number of hydrogen-bond acceptors (Lipinski definition) is 4. The van der Waals surface area contributed by atoms with Gasteiger partial charge in [0.05, 0.1) is 6.04 Å². The van der Waals surface area contributed by atoms with Crippen molar-refractivity contribution in [2.45, 2.75) is 52.1 Å². The summed E-state index contributed by atoms with van der Waals surface area (Å²) in [5, 5.41) is 9.15. The topological polar surface area (TPSA) is 87.5 Å². The first-order chi connectivity index (χ1) is 15.8. The van der Waals surface area contributed by atoms with E-state index in [1.54, 1.807) is 0 Å². The zero-order chi connectivity index (χ0) is 24.0. The second-order valence-corrected chi connectivity index (χ2v) is 9.83. The van der Waals surface area contributed by atoms with Gasteiger partial charge in [-0.2, -0.15) is 0 Å². The van der Waals surface area contributed by atoms with Gasteiger partial charge in [0, 0.05) is 36.3 Å². The predicted molar refractivity (Wildman–Crippen MR) is 135 cm³/mol. The Balaban J connectivity index is 1.64. The number of rotatable bonds is 9. The molecule has 0 spiro atoms. The highest BCUT2D eigenvalue weighted by Crippen LogP contribution is 2.21. The first-order valence-electron chi connectivity index (χ1n) is 12.0. The Labute approximate surface area is 202 Å². The fraction of sp³-hybridized carbons (Fsp3) is 0.538. The molecule has 6 nitrogen and oxygen atoms in total. The van der Waals surface area contributed by atoms with Crippen molar-refractivity contribution < 1.29 is 9.59 Å². The molecule has 7 heteroatoms. The maximum absolute atomic E-state index is 13.2. The Morgan fingerprint density at radius 1 is 1.24 bits per heavy atom. The Kier molecular flexibility index (Phi) is 9.12. The number of hydrogen-bond donors (Lipinski definition) is 3. The van der Waals surface area contributed by atoms with Gasteiger partial charge in [0.15, 0.2) is 0 Å². The van der Waals surface area contributed by atoms with E-state index in [0.717, 1.165) is 30.2 Å². The van der Waals surface area contributed by atoms with Gasteiger partial charge in [0.1, 0.15) is 0 Å². The monoisotopic (exact) mass is 472 g/mol. The third kappa shape index (κ3) is 6.69. The van der Waals surface area contributed by atoms with Gasteiger partial charge in [-0.05, 0) is 66.3 Å². The molecule has 1 fully saturated rings. The predicted octanol–water partition coefficient (Wildman–Crippen LogP) is 3.81. The first-order valence-corrected chi connectivity index (χ1v) is 12.4. The summed E-state index contributed by atoms with van der Waals surface area (Å²) in [6.07, 6.45) is 2.43. The van der Waals surface area contributed by atoms with Crippen molar-refractivity contribution in [2.24, 2.45) is 17.6 Å². The molecule has 0 bridgehead atoms. The van der Waals surface area contributed by atoms with Crippen LogP contribution in [0.1, 0.15) is 50.4 Å². The Hall–Kier alpha value is -2.15. The average molecular weight is 473 g/mol. The molecule has 2 amide bonds. The van der Waals surface area contributed by atoms with Crippen molar-refractivity contribution in [2.75, 3.05) is 26.2 Å². The van der Waals surface area contributed by atoms with Crippen LogP contribution < -0.4 is 16.4 Å². The van der Waals surface area contributed by atoms with Gasteiger partial charge in [-0.1, -0.05) is 50.9 Å². The zero-order valence-electron chi connectivity index (χ0n) is 19.9. The summed E-state index contributed by atoms with van der Waals surface area (Å²) in [4.78, 5) is 28.0. The Morgan fingerprint density at radius 2 is 1.97 bits per heavy atom. The van der Waals surface area contributed by atoms with E-state index in [1.165, 1.54) is 0 Å². The van der Waals surface area contributed by atoms with Crippen molar-refractivity contribution in [3.63, 3.8) is 0 Å². The second-order valence-electron chi connectivity index (χ2n) is 9.40. The molecule has 1 saturated heterocycles. The van der Waals surface area contributed by atoms with E-state index in [-0.39, 0.29) is 23.9 Å². The number of carbonyl (C=O) groups is 2. The Bertz CT molecular complexity index is 964. The summed E-state index contributed by atoms with van der Waals surface area (Å²) in [6, 6.07) is 10.9. The highest BCUT2D eigenvalue weighted by molar-refractivity contribution is 6.31. The lowest BCUT2D eigenvalue weighted by Crippen LogP contribution is -2.50. The van der Waals surface area contributed by atoms with Gasteiger partial charge in [-0.25, -0.2) is 0 Å². The van der Waals surface area contributed by atoms with Crippen LogP contribution in [-0.4, -0.2) is 55.0 Å². The van der Waals surface area contributed by atoms with Crippen molar-refractivity contribution in [3.8, 4) is 0 Å². The normalized spacial score (nSPS) is 20.2. The molecule has 0 unspecified atom stereocenters. The van der Waals surface area contributed by atoms with Crippen LogP contribution in [0.15, 0.2) is 36.4 Å². The number of nitrogens with one attached hydrogen (secondary N) is 2. The first kappa shape index (κ1) is 25.5. The number of nitrogens with two attached hydrogens (primary N) is 1.